The zero-order chi connectivity index (χ0) is 24.8. The van der Waals surface area contributed by atoms with Gasteiger partial charge in [0.1, 0.15) is 6.10 Å². The van der Waals surface area contributed by atoms with Gasteiger partial charge in [-0.25, -0.2) is 0 Å². The minimum Gasteiger partial charge on any atom is -0.300 e. The molecule has 35 heavy (non-hydrogen) atoms. The van der Waals surface area contributed by atoms with Crippen LogP contribution < -0.4 is 0 Å². The van der Waals surface area contributed by atoms with Gasteiger partial charge in [0.05, 0.1) is 4.90 Å². The summed E-state index contributed by atoms with van der Waals surface area (Å²) in [5, 5.41) is 0.462. The van der Waals surface area contributed by atoms with E-state index in [9.17, 15) is 13.2 Å². The monoisotopic (exact) mass is 511 g/mol. The van der Waals surface area contributed by atoms with Crippen molar-refractivity contribution in [3.63, 3.8) is 0 Å². The number of rotatable bonds is 9. The Morgan fingerprint density at radius 1 is 0.943 bits per heavy atom. The molecule has 7 heteroatoms. The summed E-state index contributed by atoms with van der Waals surface area (Å²) in [4.78, 5) is 15.1. The van der Waals surface area contributed by atoms with Crippen molar-refractivity contribution in [2.24, 2.45) is 0 Å². The number of piperidine rings is 1. The SMILES string of the molecule is CN1[C@@H](CC(=O)c2ccccc2)CCC[C@H]1C[C@H](OS(=O)(=O)c1ccc(Cl)cc1)c1ccccc1. The lowest BCUT2D eigenvalue weighted by Crippen LogP contribution is -2.45. The van der Waals surface area contributed by atoms with Crippen LogP contribution in [0.5, 0.6) is 0 Å². The first kappa shape index (κ1) is 25.6. The minimum atomic E-state index is -3.99. The van der Waals surface area contributed by atoms with Crippen molar-refractivity contribution in [3.05, 3.63) is 101 Å². The van der Waals surface area contributed by atoms with E-state index in [4.69, 9.17) is 15.8 Å². The summed E-state index contributed by atoms with van der Waals surface area (Å²) in [5.74, 6) is 0.129. The van der Waals surface area contributed by atoms with Gasteiger partial charge in [-0.3, -0.25) is 13.9 Å². The first-order valence-corrected chi connectivity index (χ1v) is 13.7. The van der Waals surface area contributed by atoms with Gasteiger partial charge in [-0.2, -0.15) is 8.42 Å². The van der Waals surface area contributed by atoms with E-state index >= 15 is 0 Å². The van der Waals surface area contributed by atoms with Gasteiger partial charge >= 0.3 is 0 Å². The van der Waals surface area contributed by atoms with E-state index in [1.165, 1.54) is 12.1 Å². The van der Waals surface area contributed by atoms with Crippen LogP contribution in [-0.4, -0.2) is 38.2 Å². The van der Waals surface area contributed by atoms with Crippen molar-refractivity contribution in [1.82, 2.24) is 4.90 Å². The molecule has 3 aromatic rings. The molecule has 1 saturated heterocycles. The lowest BCUT2D eigenvalue weighted by molar-refractivity contribution is 0.0626. The third kappa shape index (κ3) is 6.58. The van der Waals surface area contributed by atoms with Gasteiger partial charge in [0.2, 0.25) is 0 Å². The van der Waals surface area contributed by atoms with Crippen LogP contribution >= 0.6 is 11.6 Å². The van der Waals surface area contributed by atoms with Crippen LogP contribution in [0.25, 0.3) is 0 Å². The fraction of sp³-hybridized carbons (Fsp3) is 0.321. The zero-order valence-electron chi connectivity index (χ0n) is 19.7. The van der Waals surface area contributed by atoms with Gasteiger partial charge in [0, 0.05) is 29.1 Å². The number of halogens is 1. The smallest absolute Gasteiger partial charge is 0.297 e. The van der Waals surface area contributed by atoms with Crippen molar-refractivity contribution < 1.29 is 17.4 Å². The maximum Gasteiger partial charge on any atom is 0.297 e. The van der Waals surface area contributed by atoms with Crippen LogP contribution in [0.2, 0.25) is 5.02 Å². The number of Topliss-reactive ketones (excluding diaryl/α,β-unsaturated/α-hetero) is 1. The molecule has 5 nitrogen and oxygen atoms in total. The molecule has 1 aliphatic heterocycles. The Kier molecular flexibility index (Phi) is 8.39. The molecule has 0 unspecified atom stereocenters. The standard InChI is InChI=1S/C28H30ClNO4S/c1-30-24(19-27(31)21-9-4-2-5-10-21)13-8-14-25(30)20-28(22-11-6-3-7-12-22)34-35(32,33)26-17-15-23(29)16-18-26/h2-7,9-12,15-18,24-25,28H,8,13-14,19-20H2,1H3/t24-,25+,28+/m1/s1. The second kappa shape index (κ2) is 11.5. The van der Waals surface area contributed by atoms with Gasteiger partial charge in [-0.1, -0.05) is 78.7 Å². The number of nitrogens with zero attached hydrogens (tertiary/aromatic N) is 1. The summed E-state index contributed by atoms with van der Waals surface area (Å²) in [6.07, 6.45) is 3.13. The Balaban J connectivity index is 1.51. The molecule has 0 radical (unpaired) electrons. The van der Waals surface area contributed by atoms with E-state index in [0.717, 1.165) is 30.4 Å². The fourth-order valence-electron chi connectivity index (χ4n) is 4.74. The van der Waals surface area contributed by atoms with Gasteiger partial charge in [0.15, 0.2) is 5.78 Å². The summed E-state index contributed by atoms with van der Waals surface area (Å²) in [5.41, 5.74) is 1.53. The molecule has 0 spiro atoms. The second-order valence-corrected chi connectivity index (χ2v) is 11.0. The Hall–Kier alpha value is -2.51. The molecular weight excluding hydrogens is 482 g/mol. The summed E-state index contributed by atoms with van der Waals surface area (Å²) in [7, 11) is -1.96. The van der Waals surface area contributed by atoms with Crippen LogP contribution in [-0.2, 0) is 14.3 Å². The minimum absolute atomic E-state index is 0.0752. The molecule has 1 heterocycles. The van der Waals surface area contributed by atoms with Crippen molar-refractivity contribution >= 4 is 27.5 Å². The predicted octanol–water partition coefficient (Wildman–Crippen LogP) is 6.30. The summed E-state index contributed by atoms with van der Waals surface area (Å²) in [6.45, 7) is 0. The number of ketones is 1. The van der Waals surface area contributed by atoms with E-state index in [2.05, 4.69) is 4.90 Å². The summed E-state index contributed by atoms with van der Waals surface area (Å²) in [6, 6.07) is 25.0. The number of hydrogen-bond acceptors (Lipinski definition) is 5. The lowest BCUT2D eigenvalue weighted by Gasteiger charge is -2.40. The average Bonchev–Trinajstić information content (AvgIpc) is 2.87. The van der Waals surface area contributed by atoms with Crippen molar-refractivity contribution in [2.75, 3.05) is 7.05 Å². The molecule has 184 valence electrons. The molecule has 3 aromatic carbocycles. The maximum atomic E-state index is 13.1. The van der Waals surface area contributed by atoms with E-state index in [0.29, 0.717) is 17.9 Å². The third-order valence-electron chi connectivity index (χ3n) is 6.75. The first-order chi connectivity index (χ1) is 16.8. The van der Waals surface area contributed by atoms with Crippen LogP contribution in [0, 0.1) is 0 Å². The van der Waals surface area contributed by atoms with Crippen molar-refractivity contribution in [3.8, 4) is 0 Å². The first-order valence-electron chi connectivity index (χ1n) is 11.9. The predicted molar refractivity (Wildman–Crippen MR) is 138 cm³/mol. The molecule has 3 atom stereocenters. The maximum absolute atomic E-state index is 13.1. The molecule has 1 aliphatic rings. The van der Waals surface area contributed by atoms with Crippen LogP contribution in [0.1, 0.15) is 54.1 Å². The Labute approximate surface area is 212 Å². The number of benzene rings is 3. The van der Waals surface area contributed by atoms with E-state index in [1.54, 1.807) is 12.1 Å². The van der Waals surface area contributed by atoms with E-state index < -0.39 is 16.2 Å². The number of hydrogen-bond donors (Lipinski definition) is 0. The Morgan fingerprint density at radius 2 is 1.54 bits per heavy atom. The molecule has 0 aliphatic carbocycles. The Bertz CT molecular complexity index is 1220. The summed E-state index contributed by atoms with van der Waals surface area (Å²) < 4.78 is 32.0. The third-order valence-corrected chi connectivity index (χ3v) is 8.33. The fourth-order valence-corrected chi connectivity index (χ4v) is 5.94. The average molecular weight is 512 g/mol. The van der Waals surface area contributed by atoms with E-state index in [1.807, 2.05) is 67.7 Å². The number of carbonyl (C=O) groups excluding carboxylic acids is 1. The topological polar surface area (TPSA) is 63.7 Å². The van der Waals surface area contributed by atoms with E-state index in [-0.39, 0.29) is 22.8 Å². The van der Waals surface area contributed by atoms with Crippen molar-refractivity contribution in [2.45, 2.75) is 55.2 Å². The molecule has 0 bridgehead atoms. The largest absolute Gasteiger partial charge is 0.300 e. The molecule has 0 amide bonds. The summed E-state index contributed by atoms with van der Waals surface area (Å²) >= 11 is 5.93. The highest BCUT2D eigenvalue weighted by Crippen LogP contribution is 2.34. The normalized spacial score (nSPS) is 19.8. The zero-order valence-corrected chi connectivity index (χ0v) is 21.3. The highest BCUT2D eigenvalue weighted by molar-refractivity contribution is 7.86. The molecule has 4 rings (SSSR count). The molecule has 0 aromatic heterocycles. The van der Waals surface area contributed by atoms with Gasteiger partial charge in [0.25, 0.3) is 10.1 Å². The van der Waals surface area contributed by atoms with Gasteiger partial charge < -0.3 is 0 Å². The number of likely N-dealkylation sites (tertiary alicyclic amines) is 1. The molecule has 0 N–H and O–H groups in total. The number of carbonyl (C=O) groups is 1. The van der Waals surface area contributed by atoms with Gasteiger partial charge in [-0.05, 0) is 56.1 Å². The Morgan fingerprint density at radius 3 is 2.20 bits per heavy atom. The van der Waals surface area contributed by atoms with Crippen LogP contribution in [0.3, 0.4) is 0 Å². The highest BCUT2D eigenvalue weighted by Gasteiger charge is 2.33. The second-order valence-electron chi connectivity index (χ2n) is 9.04. The highest BCUT2D eigenvalue weighted by atomic mass is 35.5. The van der Waals surface area contributed by atoms with Gasteiger partial charge in [-0.15, -0.1) is 0 Å². The molecule has 1 fully saturated rings. The van der Waals surface area contributed by atoms with Crippen LogP contribution in [0.4, 0.5) is 0 Å². The van der Waals surface area contributed by atoms with Crippen LogP contribution in [0.15, 0.2) is 89.8 Å². The molecule has 0 saturated carbocycles. The molecular formula is C28H30ClNO4S. The lowest BCUT2D eigenvalue weighted by atomic mass is 9.88. The van der Waals surface area contributed by atoms with Crippen molar-refractivity contribution in [1.29, 1.82) is 0 Å². The quantitative estimate of drug-likeness (QED) is 0.249.